The number of carbonyl (C=O) groups is 2. The second-order valence-electron chi connectivity index (χ2n) is 10.7. The van der Waals surface area contributed by atoms with Gasteiger partial charge in [-0.2, -0.15) is 4.68 Å². The number of nitrogens with one attached hydrogen (secondary N) is 1. The van der Waals surface area contributed by atoms with Crippen LogP contribution in [0.3, 0.4) is 0 Å². The van der Waals surface area contributed by atoms with Gasteiger partial charge in [-0.05, 0) is 78.4 Å². The van der Waals surface area contributed by atoms with E-state index >= 15 is 0 Å². The molecule has 0 saturated carbocycles. The predicted octanol–water partition coefficient (Wildman–Crippen LogP) is 1.16. The SMILES string of the molecule is C=c1/c(=C/C=Cc2c(C)c3c(=O)n(-c4ccc(C(=O)O)cc4)nc-3n(C)c2O)c(=O)n(C)c2[nH]n(-c3ccc(OC=O)cc3)c(=O)c12. The highest BCUT2D eigenvalue weighted by Gasteiger charge is 2.25. The number of pyridine rings is 2. The Bertz CT molecular complexity index is 2550. The Labute approximate surface area is 263 Å². The van der Waals surface area contributed by atoms with Gasteiger partial charge in [-0.15, -0.1) is 5.10 Å². The second kappa shape index (κ2) is 11.3. The fraction of sp³-hybridized carbons (Fsp3) is 0.0909. The molecule has 2 aliphatic rings. The summed E-state index contributed by atoms with van der Waals surface area (Å²) < 4.78 is 9.83. The van der Waals surface area contributed by atoms with Crippen molar-refractivity contribution in [2.24, 2.45) is 14.1 Å². The Morgan fingerprint density at radius 1 is 0.957 bits per heavy atom. The molecular formula is C33H26N6O8. The molecule has 236 valence electrons. The average molecular weight is 635 g/mol. The molecule has 0 spiro atoms. The number of hydrogen-bond donors (Lipinski definition) is 3. The van der Waals surface area contributed by atoms with Gasteiger partial charge in [0.1, 0.15) is 11.4 Å². The summed E-state index contributed by atoms with van der Waals surface area (Å²) in [5.41, 5.74) is 0.698. The van der Waals surface area contributed by atoms with Crippen LogP contribution in [0.5, 0.6) is 11.6 Å². The van der Waals surface area contributed by atoms with E-state index in [1.807, 2.05) is 0 Å². The smallest absolute Gasteiger partial charge is 0.335 e. The molecule has 4 heterocycles. The van der Waals surface area contributed by atoms with Gasteiger partial charge in [0.25, 0.3) is 23.2 Å². The van der Waals surface area contributed by atoms with Gasteiger partial charge in [-0.25, -0.2) is 9.48 Å². The first-order chi connectivity index (χ1) is 22.4. The number of hydrogen-bond acceptors (Lipinski definition) is 8. The number of carboxylic acids is 1. The van der Waals surface area contributed by atoms with Crippen LogP contribution in [0.2, 0.25) is 0 Å². The molecule has 0 saturated heterocycles. The molecule has 0 aliphatic carbocycles. The van der Waals surface area contributed by atoms with Crippen molar-refractivity contribution >= 4 is 42.2 Å². The van der Waals surface area contributed by atoms with Crippen molar-refractivity contribution < 1.29 is 24.5 Å². The van der Waals surface area contributed by atoms with Crippen molar-refractivity contribution in [3.05, 3.63) is 113 Å². The zero-order valence-electron chi connectivity index (χ0n) is 25.2. The van der Waals surface area contributed by atoms with Crippen LogP contribution in [-0.2, 0) is 18.9 Å². The highest BCUT2D eigenvalue weighted by Crippen LogP contribution is 2.32. The van der Waals surface area contributed by atoms with E-state index < -0.39 is 22.6 Å². The van der Waals surface area contributed by atoms with Gasteiger partial charge >= 0.3 is 5.97 Å². The van der Waals surface area contributed by atoms with Gasteiger partial charge in [0.2, 0.25) is 0 Å². The van der Waals surface area contributed by atoms with Crippen LogP contribution in [-0.4, -0.2) is 51.3 Å². The van der Waals surface area contributed by atoms with Gasteiger partial charge < -0.3 is 14.9 Å². The van der Waals surface area contributed by atoms with E-state index in [-0.39, 0.29) is 44.3 Å². The van der Waals surface area contributed by atoms with E-state index in [9.17, 15) is 34.2 Å². The van der Waals surface area contributed by atoms with Gasteiger partial charge in [0.05, 0.1) is 27.9 Å². The maximum Gasteiger partial charge on any atom is 0.335 e. The van der Waals surface area contributed by atoms with E-state index in [1.54, 1.807) is 26.1 Å². The first-order valence-electron chi connectivity index (χ1n) is 14.0. The minimum Gasteiger partial charge on any atom is -0.494 e. The summed E-state index contributed by atoms with van der Waals surface area (Å²) in [4.78, 5) is 62.1. The first-order valence-corrected chi connectivity index (χ1v) is 14.0. The molecule has 4 aromatic rings. The number of benzene rings is 2. The van der Waals surface area contributed by atoms with E-state index in [4.69, 9.17) is 4.74 Å². The number of aromatic amines is 1. The lowest BCUT2D eigenvalue weighted by Gasteiger charge is -2.14. The first kappa shape index (κ1) is 30.3. The summed E-state index contributed by atoms with van der Waals surface area (Å²) in [5, 5.41) is 28.1. The van der Waals surface area contributed by atoms with Crippen LogP contribution in [0.15, 0.2) is 69.0 Å². The van der Waals surface area contributed by atoms with E-state index in [0.717, 1.165) is 4.68 Å². The number of nitrogens with zero attached hydrogens (tertiary/aromatic N) is 5. The standard InChI is InChI=1S/C33H26N6O8/c1-17-23(29(41)36(3)27-25(17)31(43)38(34-27)20-10-8-19(9-11-20)33(45)46)6-5-7-24-18(2)26-28(37(4)30(24)42)35-39(32(26)44)21-12-14-22(15-13-21)47-16-40/h5-16,35,41H,2H2,1,3-4H3,(H,45,46)/b6-5?,24-7-. The molecule has 2 aromatic carbocycles. The fourth-order valence-corrected chi connectivity index (χ4v) is 5.47. The van der Waals surface area contributed by atoms with E-state index in [2.05, 4.69) is 16.8 Å². The minimum absolute atomic E-state index is 0.0554. The van der Waals surface area contributed by atoms with E-state index in [1.165, 1.54) is 75.5 Å². The number of carboxylic acid groups (broad SMARTS) is 1. The molecular weight excluding hydrogens is 608 g/mol. The van der Waals surface area contributed by atoms with Crippen molar-refractivity contribution in [1.29, 1.82) is 0 Å². The average Bonchev–Trinajstić information content (AvgIpc) is 3.59. The molecule has 0 fully saturated rings. The number of fused-ring (bicyclic) bond motifs is 2. The largest absolute Gasteiger partial charge is 0.494 e. The van der Waals surface area contributed by atoms with Crippen molar-refractivity contribution in [1.82, 2.24) is 28.7 Å². The number of aromatic nitrogens is 6. The molecule has 0 atom stereocenters. The molecule has 0 unspecified atom stereocenters. The topological polar surface area (TPSA) is 183 Å². The number of ether oxygens (including phenoxy) is 1. The number of aromatic hydroxyl groups is 1. The summed E-state index contributed by atoms with van der Waals surface area (Å²) >= 11 is 0. The number of carbonyl (C=O) groups excluding carboxylic acids is 1. The number of rotatable bonds is 7. The van der Waals surface area contributed by atoms with Crippen LogP contribution in [0, 0.1) is 6.92 Å². The van der Waals surface area contributed by atoms with Gasteiger partial charge in [-0.1, -0.05) is 12.7 Å². The summed E-state index contributed by atoms with van der Waals surface area (Å²) in [6, 6.07) is 11.8. The maximum atomic E-state index is 13.5. The van der Waals surface area contributed by atoms with Gasteiger partial charge in [0.15, 0.2) is 11.7 Å². The molecule has 14 heteroatoms. The van der Waals surface area contributed by atoms with Crippen molar-refractivity contribution in [3.8, 4) is 34.4 Å². The Hall–Kier alpha value is -6.70. The zero-order valence-corrected chi connectivity index (χ0v) is 25.2. The van der Waals surface area contributed by atoms with Crippen LogP contribution in [0.25, 0.3) is 52.5 Å². The lowest BCUT2D eigenvalue weighted by Crippen LogP contribution is -2.44. The Balaban J connectivity index is 1.45. The van der Waals surface area contributed by atoms with Crippen LogP contribution < -0.4 is 31.9 Å². The predicted molar refractivity (Wildman–Crippen MR) is 173 cm³/mol. The summed E-state index contributed by atoms with van der Waals surface area (Å²) in [7, 11) is 3.05. The van der Waals surface area contributed by atoms with Crippen LogP contribution in [0.1, 0.15) is 21.5 Å². The normalized spacial score (nSPS) is 12.0. The Morgan fingerprint density at radius 2 is 1.62 bits per heavy atom. The number of aromatic carboxylic acids is 1. The molecule has 0 radical (unpaired) electrons. The minimum atomic E-state index is -1.10. The molecule has 14 nitrogen and oxygen atoms in total. The number of H-pyrrole nitrogens is 1. The van der Waals surface area contributed by atoms with Gasteiger partial charge in [-0.3, -0.25) is 33.4 Å². The highest BCUT2D eigenvalue weighted by atomic mass is 16.5. The molecule has 0 amide bonds. The summed E-state index contributed by atoms with van der Waals surface area (Å²) in [5.74, 6) is -0.791. The summed E-state index contributed by atoms with van der Waals surface area (Å²) in [6.45, 7) is 5.97. The number of allylic oxidation sites excluding steroid dienone is 1. The Kier molecular flexibility index (Phi) is 7.32. The third-order valence-corrected chi connectivity index (χ3v) is 8.01. The monoisotopic (exact) mass is 634 g/mol. The third kappa shape index (κ3) is 4.84. The molecule has 6 rings (SSSR count). The maximum absolute atomic E-state index is 13.5. The quantitative estimate of drug-likeness (QED) is 0.217. The lowest BCUT2D eigenvalue weighted by molar-refractivity contribution is -0.120. The highest BCUT2D eigenvalue weighted by molar-refractivity contribution is 5.87. The lowest BCUT2D eigenvalue weighted by atomic mass is 10.0. The molecule has 47 heavy (non-hydrogen) atoms. The van der Waals surface area contributed by atoms with Crippen LogP contribution >= 0.6 is 0 Å². The van der Waals surface area contributed by atoms with Crippen molar-refractivity contribution in [2.45, 2.75) is 6.92 Å². The Morgan fingerprint density at radius 3 is 2.26 bits per heavy atom. The van der Waals surface area contributed by atoms with E-state index in [0.29, 0.717) is 34.7 Å². The van der Waals surface area contributed by atoms with Crippen molar-refractivity contribution in [3.63, 3.8) is 0 Å². The summed E-state index contributed by atoms with van der Waals surface area (Å²) in [6.07, 6.45) is 4.52. The zero-order chi connectivity index (χ0) is 33.7. The van der Waals surface area contributed by atoms with Crippen LogP contribution in [0.4, 0.5) is 0 Å². The molecule has 3 N–H and O–H groups in total. The molecule has 2 aromatic heterocycles. The third-order valence-electron chi connectivity index (χ3n) is 8.01. The molecule has 2 aliphatic heterocycles. The number of aryl methyl sites for hydroxylation is 1. The fourth-order valence-electron chi connectivity index (χ4n) is 5.47. The molecule has 0 bridgehead atoms. The van der Waals surface area contributed by atoms with Gasteiger partial charge in [0, 0.05) is 24.9 Å². The second-order valence-corrected chi connectivity index (χ2v) is 10.7. The van der Waals surface area contributed by atoms with Crippen molar-refractivity contribution in [2.75, 3.05) is 0 Å².